The first-order valence-electron chi connectivity index (χ1n) is 4.02. The fraction of sp³-hybridized carbons (Fsp3) is 0.100. The molecule has 0 aliphatic carbocycles. The number of rotatable bonds is 2. The smallest absolute Gasteiger partial charge is 0.0809 e. The van der Waals surface area contributed by atoms with Crippen molar-refractivity contribution >= 4 is 21.6 Å². The Balaban J connectivity index is 2.53. The minimum atomic E-state index is -0.112. The van der Waals surface area contributed by atoms with Gasteiger partial charge in [0.25, 0.3) is 0 Å². The van der Waals surface area contributed by atoms with E-state index in [0.717, 1.165) is 11.1 Å². The molecule has 2 nitrogen and oxygen atoms in total. The van der Waals surface area contributed by atoms with Crippen LogP contribution in [0.1, 0.15) is 11.6 Å². The molecular formula is C10H10N2S. The van der Waals surface area contributed by atoms with Crippen molar-refractivity contribution in [1.82, 2.24) is 4.98 Å². The maximum absolute atomic E-state index is 5.80. The summed E-state index contributed by atoms with van der Waals surface area (Å²) in [6.45, 7) is 3.66. The van der Waals surface area contributed by atoms with E-state index < -0.39 is 0 Å². The Morgan fingerprint density at radius 1 is 1.62 bits per heavy atom. The van der Waals surface area contributed by atoms with Crippen molar-refractivity contribution in [2.45, 2.75) is 6.04 Å². The van der Waals surface area contributed by atoms with Gasteiger partial charge in [0.1, 0.15) is 0 Å². The van der Waals surface area contributed by atoms with E-state index in [-0.39, 0.29) is 6.04 Å². The first kappa shape index (κ1) is 8.41. The third kappa shape index (κ3) is 1.48. The zero-order chi connectivity index (χ0) is 9.26. The van der Waals surface area contributed by atoms with E-state index in [9.17, 15) is 0 Å². The molecule has 0 bridgehead atoms. The molecule has 3 heteroatoms. The molecule has 0 spiro atoms. The van der Waals surface area contributed by atoms with Crippen LogP contribution in [0.2, 0.25) is 0 Å². The Hall–Kier alpha value is -1.19. The van der Waals surface area contributed by atoms with E-state index in [1.165, 1.54) is 4.70 Å². The summed E-state index contributed by atoms with van der Waals surface area (Å²) in [6.07, 6.45) is 3.53. The Kier molecular flexibility index (Phi) is 2.12. The van der Waals surface area contributed by atoms with Crippen LogP contribution >= 0.6 is 11.3 Å². The quantitative estimate of drug-likeness (QED) is 0.739. The summed E-state index contributed by atoms with van der Waals surface area (Å²) >= 11 is 1.68. The van der Waals surface area contributed by atoms with Gasteiger partial charge in [-0.1, -0.05) is 6.08 Å². The number of pyridine rings is 1. The molecule has 2 N–H and O–H groups in total. The summed E-state index contributed by atoms with van der Waals surface area (Å²) in [5.74, 6) is 0. The van der Waals surface area contributed by atoms with E-state index in [1.807, 2.05) is 11.4 Å². The van der Waals surface area contributed by atoms with E-state index in [2.05, 4.69) is 17.6 Å². The van der Waals surface area contributed by atoms with Gasteiger partial charge in [0.15, 0.2) is 0 Å². The third-order valence-electron chi connectivity index (χ3n) is 1.96. The molecule has 1 atom stereocenters. The Morgan fingerprint density at radius 3 is 3.23 bits per heavy atom. The molecule has 0 aliphatic heterocycles. The van der Waals surface area contributed by atoms with Gasteiger partial charge in [-0.25, -0.2) is 0 Å². The number of fused-ring (bicyclic) bond motifs is 1. The van der Waals surface area contributed by atoms with Crippen LogP contribution in [0.4, 0.5) is 0 Å². The zero-order valence-electron chi connectivity index (χ0n) is 7.10. The number of nitrogens with two attached hydrogens (primary N) is 1. The Bertz CT molecular complexity index is 433. The zero-order valence-corrected chi connectivity index (χ0v) is 7.92. The lowest BCUT2D eigenvalue weighted by Crippen LogP contribution is -2.06. The maximum atomic E-state index is 5.80. The molecular weight excluding hydrogens is 180 g/mol. The molecule has 0 aromatic carbocycles. The van der Waals surface area contributed by atoms with Gasteiger partial charge in [0.05, 0.1) is 10.2 Å². The van der Waals surface area contributed by atoms with Gasteiger partial charge in [-0.3, -0.25) is 4.98 Å². The van der Waals surface area contributed by atoms with Crippen LogP contribution in [0, 0.1) is 0 Å². The van der Waals surface area contributed by atoms with Gasteiger partial charge in [0, 0.05) is 12.2 Å². The van der Waals surface area contributed by atoms with Gasteiger partial charge < -0.3 is 5.73 Å². The average molecular weight is 190 g/mol. The molecule has 0 saturated heterocycles. The summed E-state index contributed by atoms with van der Waals surface area (Å²) in [6, 6.07) is 3.96. The maximum Gasteiger partial charge on any atom is 0.0809 e. The molecule has 0 amide bonds. The monoisotopic (exact) mass is 190 g/mol. The molecule has 0 aliphatic rings. The van der Waals surface area contributed by atoms with Crippen LogP contribution < -0.4 is 5.73 Å². The SMILES string of the molecule is C=CC(N)c1cnc2ccsc2c1. The highest BCUT2D eigenvalue weighted by Crippen LogP contribution is 2.21. The van der Waals surface area contributed by atoms with Crippen LogP contribution in [0.15, 0.2) is 36.4 Å². The van der Waals surface area contributed by atoms with E-state index in [4.69, 9.17) is 5.73 Å². The fourth-order valence-electron chi connectivity index (χ4n) is 1.18. The number of thiophene rings is 1. The average Bonchev–Trinajstić information content (AvgIpc) is 2.63. The van der Waals surface area contributed by atoms with Crippen molar-refractivity contribution in [3.63, 3.8) is 0 Å². The molecule has 0 radical (unpaired) electrons. The predicted molar refractivity (Wildman–Crippen MR) is 56.7 cm³/mol. The van der Waals surface area contributed by atoms with Crippen molar-refractivity contribution in [3.8, 4) is 0 Å². The van der Waals surface area contributed by atoms with E-state index in [1.54, 1.807) is 23.6 Å². The highest BCUT2D eigenvalue weighted by Gasteiger charge is 2.03. The van der Waals surface area contributed by atoms with E-state index in [0.29, 0.717) is 0 Å². The van der Waals surface area contributed by atoms with Gasteiger partial charge >= 0.3 is 0 Å². The summed E-state index contributed by atoms with van der Waals surface area (Å²) in [5, 5.41) is 2.03. The molecule has 13 heavy (non-hydrogen) atoms. The van der Waals surface area contributed by atoms with Crippen molar-refractivity contribution in [2.24, 2.45) is 5.73 Å². The number of hydrogen-bond donors (Lipinski definition) is 1. The Morgan fingerprint density at radius 2 is 2.46 bits per heavy atom. The molecule has 2 aromatic heterocycles. The first-order valence-corrected chi connectivity index (χ1v) is 4.90. The lowest BCUT2D eigenvalue weighted by Gasteiger charge is -2.04. The standard InChI is InChI=1S/C10H10N2S/c1-2-8(11)7-5-10-9(12-6-7)3-4-13-10/h2-6,8H,1,11H2. The van der Waals surface area contributed by atoms with Crippen LogP contribution in [0.25, 0.3) is 10.2 Å². The second-order valence-corrected chi connectivity index (χ2v) is 3.78. The largest absolute Gasteiger partial charge is 0.321 e. The van der Waals surface area contributed by atoms with Crippen LogP contribution in [0.5, 0.6) is 0 Å². The topological polar surface area (TPSA) is 38.9 Å². The normalized spacial score (nSPS) is 13.0. The summed E-state index contributed by atoms with van der Waals surface area (Å²) < 4.78 is 1.18. The van der Waals surface area contributed by atoms with Gasteiger partial charge in [-0.15, -0.1) is 17.9 Å². The fourth-order valence-corrected chi connectivity index (χ4v) is 1.97. The molecule has 2 heterocycles. The lowest BCUT2D eigenvalue weighted by molar-refractivity contribution is 0.909. The van der Waals surface area contributed by atoms with Crippen molar-refractivity contribution < 1.29 is 0 Å². The molecule has 2 rings (SSSR count). The molecule has 1 unspecified atom stereocenters. The summed E-state index contributed by atoms with van der Waals surface area (Å²) in [7, 11) is 0. The number of aromatic nitrogens is 1. The predicted octanol–water partition coefficient (Wildman–Crippen LogP) is 2.48. The molecule has 0 fully saturated rings. The number of nitrogens with zero attached hydrogens (tertiary/aromatic N) is 1. The second-order valence-electron chi connectivity index (χ2n) is 2.83. The minimum absolute atomic E-state index is 0.112. The highest BCUT2D eigenvalue weighted by atomic mass is 32.1. The second kappa shape index (κ2) is 3.28. The van der Waals surface area contributed by atoms with Gasteiger partial charge in [-0.05, 0) is 23.1 Å². The van der Waals surface area contributed by atoms with Crippen molar-refractivity contribution in [2.75, 3.05) is 0 Å². The Labute approximate surface area is 80.7 Å². The van der Waals surface area contributed by atoms with Crippen LogP contribution in [0.3, 0.4) is 0 Å². The molecule has 66 valence electrons. The van der Waals surface area contributed by atoms with E-state index >= 15 is 0 Å². The van der Waals surface area contributed by atoms with Crippen LogP contribution in [-0.2, 0) is 0 Å². The van der Waals surface area contributed by atoms with Crippen molar-refractivity contribution in [3.05, 3.63) is 41.9 Å². The minimum Gasteiger partial charge on any atom is -0.321 e. The molecule has 2 aromatic rings. The van der Waals surface area contributed by atoms with Gasteiger partial charge in [0.2, 0.25) is 0 Å². The lowest BCUT2D eigenvalue weighted by atomic mass is 10.1. The van der Waals surface area contributed by atoms with Crippen LogP contribution in [-0.4, -0.2) is 4.98 Å². The number of hydrogen-bond acceptors (Lipinski definition) is 3. The first-order chi connectivity index (χ1) is 6.31. The molecule has 0 saturated carbocycles. The van der Waals surface area contributed by atoms with Crippen molar-refractivity contribution in [1.29, 1.82) is 0 Å². The third-order valence-corrected chi connectivity index (χ3v) is 2.82. The summed E-state index contributed by atoms with van der Waals surface area (Å²) in [5.41, 5.74) is 7.85. The van der Waals surface area contributed by atoms with Gasteiger partial charge in [-0.2, -0.15) is 0 Å². The highest BCUT2D eigenvalue weighted by molar-refractivity contribution is 7.17. The summed E-state index contributed by atoms with van der Waals surface area (Å²) in [4.78, 5) is 4.29.